The Bertz CT molecular complexity index is 771. The van der Waals surface area contributed by atoms with E-state index in [0.29, 0.717) is 5.56 Å². The number of nitrogens with two attached hydrogens (primary N) is 1. The summed E-state index contributed by atoms with van der Waals surface area (Å²) in [5, 5.41) is 0. The molecule has 2 rings (SSSR count). The van der Waals surface area contributed by atoms with E-state index in [1.165, 1.54) is 6.07 Å². The lowest BCUT2D eigenvalue weighted by Gasteiger charge is -2.11. The van der Waals surface area contributed by atoms with Crippen molar-refractivity contribution in [2.75, 3.05) is 0 Å². The van der Waals surface area contributed by atoms with Crippen molar-refractivity contribution < 1.29 is 8.42 Å². The van der Waals surface area contributed by atoms with Crippen molar-refractivity contribution in [3.8, 4) is 0 Å². The molecule has 0 unspecified atom stereocenters. The highest BCUT2D eigenvalue weighted by Gasteiger charge is 2.18. The largest absolute Gasteiger partial charge is 0.389 e. The zero-order valence-corrected chi connectivity index (χ0v) is 13.2. The van der Waals surface area contributed by atoms with Crippen molar-refractivity contribution >= 4 is 27.2 Å². The van der Waals surface area contributed by atoms with Crippen LogP contribution >= 0.6 is 12.2 Å². The van der Waals surface area contributed by atoms with Crippen LogP contribution in [0.4, 0.5) is 0 Å². The Kier molecular flexibility index (Phi) is 4.72. The van der Waals surface area contributed by atoms with Crippen LogP contribution in [0.2, 0.25) is 0 Å². The van der Waals surface area contributed by atoms with E-state index in [2.05, 4.69) is 4.72 Å². The Balaban J connectivity index is 2.25. The average Bonchev–Trinajstić information content (AvgIpc) is 2.45. The van der Waals surface area contributed by atoms with Gasteiger partial charge in [0.1, 0.15) is 4.99 Å². The smallest absolute Gasteiger partial charge is 0.241 e. The van der Waals surface area contributed by atoms with Crippen LogP contribution in [0.5, 0.6) is 0 Å². The molecule has 2 aromatic rings. The molecule has 0 aromatic heterocycles. The van der Waals surface area contributed by atoms with Crippen LogP contribution in [-0.4, -0.2) is 13.4 Å². The van der Waals surface area contributed by atoms with E-state index in [0.717, 1.165) is 11.1 Å². The van der Waals surface area contributed by atoms with Gasteiger partial charge in [-0.2, -0.15) is 0 Å². The minimum Gasteiger partial charge on any atom is -0.389 e. The molecule has 2 aromatic carbocycles. The summed E-state index contributed by atoms with van der Waals surface area (Å²) in [7, 11) is -3.66. The SMILES string of the molecule is Cc1cccc(CNS(=O)(=O)c2ccccc2C(N)=S)c1. The topological polar surface area (TPSA) is 72.2 Å². The van der Waals surface area contributed by atoms with Crippen LogP contribution in [-0.2, 0) is 16.6 Å². The maximum atomic E-state index is 12.4. The van der Waals surface area contributed by atoms with Crippen molar-refractivity contribution in [2.45, 2.75) is 18.4 Å². The van der Waals surface area contributed by atoms with Crippen molar-refractivity contribution in [1.29, 1.82) is 0 Å². The lowest BCUT2D eigenvalue weighted by molar-refractivity contribution is 0.581. The minimum atomic E-state index is -3.66. The molecular weight excluding hydrogens is 304 g/mol. The van der Waals surface area contributed by atoms with Crippen LogP contribution in [0.15, 0.2) is 53.4 Å². The summed E-state index contributed by atoms with van der Waals surface area (Å²) in [5.74, 6) is 0. The molecule has 0 aliphatic rings. The molecule has 0 aliphatic heterocycles. The first-order chi connectivity index (χ1) is 9.90. The first kappa shape index (κ1) is 15.6. The third kappa shape index (κ3) is 3.87. The molecule has 0 aliphatic carbocycles. The van der Waals surface area contributed by atoms with Gasteiger partial charge in [-0.3, -0.25) is 0 Å². The van der Waals surface area contributed by atoms with Gasteiger partial charge in [0.05, 0.1) is 4.90 Å². The second kappa shape index (κ2) is 6.34. The number of aryl methyl sites for hydroxylation is 1. The molecule has 6 heteroatoms. The van der Waals surface area contributed by atoms with Gasteiger partial charge in [-0.1, -0.05) is 60.2 Å². The second-order valence-corrected chi connectivity index (χ2v) is 6.85. The quantitative estimate of drug-likeness (QED) is 0.828. The predicted octanol–water partition coefficient (Wildman–Crippen LogP) is 2.11. The van der Waals surface area contributed by atoms with Crippen LogP contribution in [0.1, 0.15) is 16.7 Å². The molecule has 0 fully saturated rings. The van der Waals surface area contributed by atoms with E-state index in [4.69, 9.17) is 18.0 Å². The second-order valence-electron chi connectivity index (χ2n) is 4.67. The number of thiocarbonyl (C=S) groups is 1. The number of sulfonamides is 1. The lowest BCUT2D eigenvalue weighted by atomic mass is 10.1. The van der Waals surface area contributed by atoms with Crippen molar-refractivity contribution in [3.05, 3.63) is 65.2 Å². The Labute approximate surface area is 130 Å². The third-order valence-electron chi connectivity index (χ3n) is 2.99. The monoisotopic (exact) mass is 320 g/mol. The fourth-order valence-electron chi connectivity index (χ4n) is 1.98. The number of benzene rings is 2. The van der Waals surface area contributed by atoms with Gasteiger partial charge in [0, 0.05) is 12.1 Å². The van der Waals surface area contributed by atoms with E-state index < -0.39 is 10.0 Å². The third-order valence-corrected chi connectivity index (χ3v) is 4.67. The standard InChI is InChI=1S/C15H16N2O2S2/c1-11-5-4-6-12(9-11)10-17-21(18,19)14-8-3-2-7-13(14)15(16)20/h2-9,17H,10H2,1H3,(H2,16,20). The zero-order valence-electron chi connectivity index (χ0n) is 11.5. The van der Waals surface area contributed by atoms with Gasteiger partial charge in [0.25, 0.3) is 0 Å². The molecule has 4 nitrogen and oxygen atoms in total. The van der Waals surface area contributed by atoms with E-state index >= 15 is 0 Å². The fourth-order valence-corrected chi connectivity index (χ4v) is 3.46. The Hall–Kier alpha value is -1.76. The number of hydrogen-bond acceptors (Lipinski definition) is 3. The van der Waals surface area contributed by atoms with Gasteiger partial charge in [0.2, 0.25) is 10.0 Å². The maximum absolute atomic E-state index is 12.4. The summed E-state index contributed by atoms with van der Waals surface area (Å²) in [6.45, 7) is 2.18. The van der Waals surface area contributed by atoms with Crippen molar-refractivity contribution in [1.82, 2.24) is 4.72 Å². The highest BCUT2D eigenvalue weighted by Crippen LogP contribution is 2.16. The minimum absolute atomic E-state index is 0.0616. The van der Waals surface area contributed by atoms with E-state index in [9.17, 15) is 8.42 Å². The first-order valence-corrected chi connectivity index (χ1v) is 8.23. The highest BCUT2D eigenvalue weighted by molar-refractivity contribution is 7.89. The van der Waals surface area contributed by atoms with Crippen LogP contribution < -0.4 is 10.5 Å². The van der Waals surface area contributed by atoms with E-state index in [1.54, 1.807) is 18.2 Å². The summed E-state index contributed by atoms with van der Waals surface area (Å²) in [4.78, 5) is 0.164. The summed E-state index contributed by atoms with van der Waals surface area (Å²) < 4.78 is 27.3. The summed E-state index contributed by atoms with van der Waals surface area (Å²) in [6.07, 6.45) is 0. The number of nitrogens with one attached hydrogen (secondary N) is 1. The van der Waals surface area contributed by atoms with Gasteiger partial charge >= 0.3 is 0 Å². The Morgan fingerprint density at radius 1 is 1.19 bits per heavy atom. The summed E-state index contributed by atoms with van der Waals surface area (Å²) in [6, 6.07) is 14.1. The molecule has 21 heavy (non-hydrogen) atoms. The molecule has 0 atom stereocenters. The van der Waals surface area contributed by atoms with Gasteiger partial charge in [-0.15, -0.1) is 0 Å². The van der Waals surface area contributed by atoms with Crippen molar-refractivity contribution in [3.63, 3.8) is 0 Å². The Morgan fingerprint density at radius 3 is 2.57 bits per heavy atom. The Morgan fingerprint density at radius 2 is 1.90 bits per heavy atom. The van der Waals surface area contributed by atoms with Gasteiger partial charge in [-0.05, 0) is 18.6 Å². The van der Waals surface area contributed by atoms with Gasteiger partial charge < -0.3 is 5.73 Å². The molecule has 0 radical (unpaired) electrons. The van der Waals surface area contributed by atoms with Crippen LogP contribution in [0.3, 0.4) is 0 Å². The number of hydrogen-bond donors (Lipinski definition) is 2. The normalized spacial score (nSPS) is 11.3. The molecule has 0 spiro atoms. The molecular formula is C15H16N2O2S2. The highest BCUT2D eigenvalue weighted by atomic mass is 32.2. The maximum Gasteiger partial charge on any atom is 0.241 e. The summed E-state index contributed by atoms with van der Waals surface area (Å²) in [5.41, 5.74) is 7.90. The molecule has 3 N–H and O–H groups in total. The van der Waals surface area contributed by atoms with E-state index in [-0.39, 0.29) is 16.4 Å². The molecule has 0 heterocycles. The average molecular weight is 320 g/mol. The van der Waals surface area contributed by atoms with Crippen molar-refractivity contribution in [2.24, 2.45) is 5.73 Å². The molecule has 0 saturated heterocycles. The van der Waals surface area contributed by atoms with E-state index in [1.807, 2.05) is 31.2 Å². The zero-order chi connectivity index (χ0) is 15.5. The van der Waals surface area contributed by atoms with Crippen LogP contribution in [0, 0.1) is 6.92 Å². The summed E-state index contributed by atoms with van der Waals surface area (Å²) >= 11 is 4.90. The lowest BCUT2D eigenvalue weighted by Crippen LogP contribution is -2.26. The molecule has 0 amide bonds. The first-order valence-electron chi connectivity index (χ1n) is 6.34. The number of rotatable bonds is 5. The predicted molar refractivity (Wildman–Crippen MR) is 87.5 cm³/mol. The van der Waals surface area contributed by atoms with Crippen LogP contribution in [0.25, 0.3) is 0 Å². The molecule has 110 valence electrons. The van der Waals surface area contributed by atoms with Gasteiger partial charge in [-0.25, -0.2) is 13.1 Å². The molecule has 0 saturated carbocycles. The van der Waals surface area contributed by atoms with Gasteiger partial charge in [0.15, 0.2) is 0 Å². The molecule has 0 bridgehead atoms. The fraction of sp³-hybridized carbons (Fsp3) is 0.133.